The molecule has 9 heteroatoms. The van der Waals surface area contributed by atoms with E-state index in [1.165, 1.54) is 22.9 Å². The summed E-state index contributed by atoms with van der Waals surface area (Å²) in [6.07, 6.45) is 3.29. The van der Waals surface area contributed by atoms with Crippen LogP contribution in [0.15, 0.2) is 53.6 Å². The number of carbonyl (C=O) groups excluding carboxylic acids is 1. The highest BCUT2D eigenvalue weighted by Gasteiger charge is 2.39. The number of anilines is 2. The van der Waals surface area contributed by atoms with Gasteiger partial charge in [-0.1, -0.05) is 19.1 Å². The summed E-state index contributed by atoms with van der Waals surface area (Å²) in [6.45, 7) is 3.56. The first-order valence-electron chi connectivity index (χ1n) is 11.4. The van der Waals surface area contributed by atoms with Crippen LogP contribution in [-0.4, -0.2) is 40.1 Å². The summed E-state index contributed by atoms with van der Waals surface area (Å²) in [6, 6.07) is 10.5. The number of carbonyl (C=O) groups is 1. The number of benzene rings is 1. The van der Waals surface area contributed by atoms with E-state index in [0.717, 1.165) is 23.9 Å². The maximum Gasteiger partial charge on any atom is 0.255 e. The third-order valence-corrected chi connectivity index (χ3v) is 6.51. The number of aromatic nitrogens is 3. The van der Waals surface area contributed by atoms with Gasteiger partial charge in [0.15, 0.2) is 5.82 Å². The van der Waals surface area contributed by atoms with Crippen LogP contribution in [0.1, 0.15) is 25.0 Å². The Hall–Kier alpha value is -3.59. The first kappa shape index (κ1) is 22.2. The van der Waals surface area contributed by atoms with Gasteiger partial charge in [0.25, 0.3) is 5.56 Å². The SMILES string of the molecule is CC1CC1C(=O)Nc1ccc([C@H]2CN(c3nc(-c4ccncc4F)cc(=O)n3C)CCO2)cc1. The quantitative estimate of drug-likeness (QED) is 0.625. The summed E-state index contributed by atoms with van der Waals surface area (Å²) >= 11 is 0. The maximum absolute atomic E-state index is 14.3. The minimum Gasteiger partial charge on any atom is -0.370 e. The summed E-state index contributed by atoms with van der Waals surface area (Å²) in [5, 5.41) is 2.97. The van der Waals surface area contributed by atoms with Gasteiger partial charge in [-0.05, 0) is 36.1 Å². The van der Waals surface area contributed by atoms with E-state index in [4.69, 9.17) is 4.74 Å². The molecule has 0 radical (unpaired) electrons. The van der Waals surface area contributed by atoms with Crippen LogP contribution in [0, 0.1) is 17.7 Å². The molecular weight excluding hydrogens is 437 g/mol. The average Bonchev–Trinajstić information content (AvgIpc) is 3.58. The Morgan fingerprint density at radius 3 is 2.71 bits per heavy atom. The highest BCUT2D eigenvalue weighted by Crippen LogP contribution is 2.38. The van der Waals surface area contributed by atoms with Gasteiger partial charge < -0.3 is 15.0 Å². The summed E-state index contributed by atoms with van der Waals surface area (Å²) in [7, 11) is 1.65. The largest absolute Gasteiger partial charge is 0.370 e. The summed E-state index contributed by atoms with van der Waals surface area (Å²) in [5.41, 5.74) is 1.95. The van der Waals surface area contributed by atoms with Gasteiger partial charge in [-0.3, -0.25) is 19.1 Å². The number of halogens is 1. The first-order chi connectivity index (χ1) is 16.4. The summed E-state index contributed by atoms with van der Waals surface area (Å²) < 4.78 is 21.7. The number of amides is 1. The summed E-state index contributed by atoms with van der Waals surface area (Å²) in [4.78, 5) is 35.2. The van der Waals surface area contributed by atoms with E-state index >= 15 is 0 Å². The predicted octanol–water partition coefficient (Wildman–Crippen LogP) is 3.15. The van der Waals surface area contributed by atoms with Crippen molar-refractivity contribution in [1.82, 2.24) is 14.5 Å². The van der Waals surface area contributed by atoms with E-state index in [1.807, 2.05) is 29.2 Å². The lowest BCUT2D eigenvalue weighted by Crippen LogP contribution is -2.41. The average molecular weight is 464 g/mol. The van der Waals surface area contributed by atoms with E-state index in [9.17, 15) is 14.0 Å². The Morgan fingerprint density at radius 2 is 2.00 bits per heavy atom. The van der Waals surface area contributed by atoms with Crippen molar-refractivity contribution in [2.24, 2.45) is 18.9 Å². The predicted molar refractivity (Wildman–Crippen MR) is 126 cm³/mol. The van der Waals surface area contributed by atoms with Crippen molar-refractivity contribution in [2.75, 3.05) is 29.9 Å². The highest BCUT2D eigenvalue weighted by molar-refractivity contribution is 5.94. The fourth-order valence-electron chi connectivity index (χ4n) is 4.27. The molecule has 8 nitrogen and oxygen atoms in total. The molecule has 2 aliphatic rings. The molecule has 3 heterocycles. The molecule has 1 saturated carbocycles. The van der Waals surface area contributed by atoms with Crippen molar-refractivity contribution in [1.29, 1.82) is 0 Å². The van der Waals surface area contributed by atoms with Gasteiger partial charge in [-0.25, -0.2) is 9.37 Å². The monoisotopic (exact) mass is 463 g/mol. The third kappa shape index (κ3) is 4.43. The molecule has 34 heavy (non-hydrogen) atoms. The molecule has 5 rings (SSSR count). The second-order valence-electron chi connectivity index (χ2n) is 8.93. The Balaban J connectivity index is 1.35. The molecule has 1 amide bonds. The number of hydrogen-bond acceptors (Lipinski definition) is 6. The molecule has 3 atom stereocenters. The van der Waals surface area contributed by atoms with Crippen LogP contribution in [0.25, 0.3) is 11.3 Å². The van der Waals surface area contributed by atoms with Crippen LogP contribution in [0.2, 0.25) is 0 Å². The molecule has 2 fully saturated rings. The smallest absolute Gasteiger partial charge is 0.255 e. The zero-order valence-electron chi connectivity index (χ0n) is 19.1. The van der Waals surface area contributed by atoms with Crippen LogP contribution in [-0.2, 0) is 16.6 Å². The van der Waals surface area contributed by atoms with E-state index in [0.29, 0.717) is 31.6 Å². The Morgan fingerprint density at radius 1 is 1.24 bits per heavy atom. The summed E-state index contributed by atoms with van der Waals surface area (Å²) in [5.74, 6) is 0.564. The molecule has 1 aliphatic carbocycles. The van der Waals surface area contributed by atoms with Gasteiger partial charge in [-0.2, -0.15) is 0 Å². The van der Waals surface area contributed by atoms with Gasteiger partial charge in [0, 0.05) is 43.0 Å². The Kier molecular flexibility index (Phi) is 5.87. The van der Waals surface area contributed by atoms with Crippen LogP contribution in [0.4, 0.5) is 16.0 Å². The van der Waals surface area contributed by atoms with Gasteiger partial charge >= 0.3 is 0 Å². The zero-order chi connectivity index (χ0) is 23.8. The fraction of sp³-hybridized carbons (Fsp3) is 0.360. The van der Waals surface area contributed by atoms with Gasteiger partial charge in [0.2, 0.25) is 11.9 Å². The van der Waals surface area contributed by atoms with E-state index in [2.05, 4.69) is 22.2 Å². The number of rotatable bonds is 5. The molecule has 0 spiro atoms. The molecule has 0 bridgehead atoms. The van der Waals surface area contributed by atoms with Crippen molar-refractivity contribution in [3.63, 3.8) is 0 Å². The standard InChI is InChI=1S/C25H26FN5O3/c1-15-11-19(15)24(33)28-17-5-3-16(4-6-17)22-14-31(9-10-34-22)25-29-21(12-23(32)30(25)2)18-7-8-27-13-20(18)26/h3-8,12-13,15,19,22H,9-11,14H2,1-2H3,(H,28,33)/t15?,19?,22-/m1/s1. The van der Waals surface area contributed by atoms with Crippen molar-refractivity contribution in [3.8, 4) is 11.3 Å². The Bertz CT molecular complexity index is 1280. The first-order valence-corrected chi connectivity index (χ1v) is 11.4. The third-order valence-electron chi connectivity index (χ3n) is 6.51. The number of nitrogens with zero attached hydrogens (tertiary/aromatic N) is 4. The molecule has 1 aliphatic heterocycles. The Labute approximate surface area is 196 Å². The minimum atomic E-state index is -0.530. The van der Waals surface area contributed by atoms with Crippen LogP contribution in [0.3, 0.4) is 0 Å². The van der Waals surface area contributed by atoms with E-state index in [-0.39, 0.29) is 34.7 Å². The molecule has 176 valence electrons. The fourth-order valence-corrected chi connectivity index (χ4v) is 4.27. The van der Waals surface area contributed by atoms with Crippen molar-refractivity contribution in [3.05, 3.63) is 70.5 Å². The van der Waals surface area contributed by atoms with Gasteiger partial charge in [-0.15, -0.1) is 0 Å². The second kappa shape index (κ2) is 8.98. The lowest BCUT2D eigenvalue weighted by Gasteiger charge is -2.34. The number of nitrogens with one attached hydrogen (secondary N) is 1. The van der Waals surface area contributed by atoms with Gasteiger partial charge in [0.1, 0.15) is 6.10 Å². The second-order valence-corrected chi connectivity index (χ2v) is 8.93. The topological polar surface area (TPSA) is 89.4 Å². The molecule has 2 unspecified atom stereocenters. The molecule has 1 N–H and O–H groups in total. The number of ether oxygens (including phenoxy) is 1. The minimum absolute atomic E-state index is 0.0675. The number of pyridine rings is 1. The van der Waals surface area contributed by atoms with Crippen molar-refractivity contribution >= 4 is 17.5 Å². The van der Waals surface area contributed by atoms with Crippen molar-refractivity contribution in [2.45, 2.75) is 19.4 Å². The van der Waals surface area contributed by atoms with E-state index in [1.54, 1.807) is 7.05 Å². The zero-order valence-corrected chi connectivity index (χ0v) is 19.1. The maximum atomic E-state index is 14.3. The molecule has 1 saturated heterocycles. The van der Waals surface area contributed by atoms with Gasteiger partial charge in [0.05, 0.1) is 25.0 Å². The van der Waals surface area contributed by atoms with Crippen molar-refractivity contribution < 1.29 is 13.9 Å². The number of hydrogen-bond donors (Lipinski definition) is 1. The lowest BCUT2D eigenvalue weighted by atomic mass is 10.1. The normalized spacial score (nSPS) is 21.9. The molecule has 3 aromatic rings. The van der Waals surface area contributed by atoms with Crippen LogP contribution in [0.5, 0.6) is 0 Å². The number of morpholine rings is 1. The lowest BCUT2D eigenvalue weighted by molar-refractivity contribution is -0.117. The van der Waals surface area contributed by atoms with E-state index < -0.39 is 5.82 Å². The van der Waals surface area contributed by atoms with Crippen LogP contribution >= 0.6 is 0 Å². The molecular formula is C25H26FN5O3. The highest BCUT2D eigenvalue weighted by atomic mass is 19.1. The molecule has 1 aromatic carbocycles. The molecule has 2 aromatic heterocycles. The van der Waals surface area contributed by atoms with Crippen LogP contribution < -0.4 is 15.8 Å².